The SMILES string of the molecule is Cc1ncccc1NC(=O)CCCCO. The number of hydrogen-bond donors (Lipinski definition) is 2. The molecule has 0 aliphatic carbocycles. The number of hydrogen-bond acceptors (Lipinski definition) is 3. The van der Waals surface area contributed by atoms with Crippen molar-refractivity contribution in [3.05, 3.63) is 24.0 Å². The van der Waals surface area contributed by atoms with Crippen molar-refractivity contribution in [1.29, 1.82) is 0 Å². The number of aryl methyl sites for hydroxylation is 1. The molecule has 15 heavy (non-hydrogen) atoms. The monoisotopic (exact) mass is 208 g/mol. The van der Waals surface area contributed by atoms with Crippen molar-refractivity contribution in [3.63, 3.8) is 0 Å². The van der Waals surface area contributed by atoms with Gasteiger partial charge in [-0.25, -0.2) is 0 Å². The first kappa shape index (κ1) is 11.7. The zero-order chi connectivity index (χ0) is 11.1. The van der Waals surface area contributed by atoms with E-state index in [-0.39, 0.29) is 12.5 Å². The fourth-order valence-corrected chi connectivity index (χ4v) is 1.23. The average molecular weight is 208 g/mol. The predicted octanol–water partition coefficient (Wildman–Crippen LogP) is 1.49. The van der Waals surface area contributed by atoms with Gasteiger partial charge in [-0.15, -0.1) is 0 Å². The van der Waals surface area contributed by atoms with Gasteiger partial charge in [0.25, 0.3) is 0 Å². The number of rotatable bonds is 5. The molecule has 4 nitrogen and oxygen atoms in total. The molecule has 0 aromatic carbocycles. The van der Waals surface area contributed by atoms with Gasteiger partial charge in [-0.05, 0) is 31.9 Å². The summed E-state index contributed by atoms with van der Waals surface area (Å²) in [5, 5.41) is 11.4. The van der Waals surface area contributed by atoms with Crippen LogP contribution in [0.1, 0.15) is 25.0 Å². The van der Waals surface area contributed by atoms with Crippen LogP contribution in [-0.2, 0) is 4.79 Å². The molecular formula is C11H16N2O2. The molecule has 0 aliphatic rings. The Hall–Kier alpha value is -1.42. The molecule has 0 saturated heterocycles. The standard InChI is InChI=1S/C11H16N2O2/c1-9-10(5-4-7-12-9)13-11(15)6-2-3-8-14/h4-5,7,14H,2-3,6,8H2,1H3,(H,13,15). The maximum absolute atomic E-state index is 11.4. The highest BCUT2D eigenvalue weighted by Gasteiger charge is 2.03. The number of nitrogens with zero attached hydrogens (tertiary/aromatic N) is 1. The molecule has 0 unspecified atom stereocenters. The Balaban J connectivity index is 2.41. The van der Waals surface area contributed by atoms with Gasteiger partial charge in [-0.3, -0.25) is 9.78 Å². The fraction of sp³-hybridized carbons (Fsp3) is 0.455. The molecule has 4 heteroatoms. The van der Waals surface area contributed by atoms with Gasteiger partial charge in [0, 0.05) is 19.2 Å². The highest BCUT2D eigenvalue weighted by molar-refractivity contribution is 5.91. The number of aromatic nitrogens is 1. The Bertz CT molecular complexity index is 326. The second-order valence-electron chi connectivity index (χ2n) is 3.37. The van der Waals surface area contributed by atoms with Crippen LogP contribution < -0.4 is 5.32 Å². The van der Waals surface area contributed by atoms with Crippen LogP contribution in [0.25, 0.3) is 0 Å². The molecule has 0 saturated carbocycles. The van der Waals surface area contributed by atoms with E-state index in [2.05, 4.69) is 10.3 Å². The smallest absolute Gasteiger partial charge is 0.224 e. The summed E-state index contributed by atoms with van der Waals surface area (Å²) in [5.41, 5.74) is 1.57. The van der Waals surface area contributed by atoms with Crippen LogP contribution in [0.3, 0.4) is 0 Å². The summed E-state index contributed by atoms with van der Waals surface area (Å²) in [6.45, 7) is 1.99. The third kappa shape index (κ3) is 4.08. The van der Waals surface area contributed by atoms with Crippen molar-refractivity contribution in [1.82, 2.24) is 4.98 Å². The summed E-state index contributed by atoms with van der Waals surface area (Å²) in [6, 6.07) is 3.61. The van der Waals surface area contributed by atoms with Gasteiger partial charge in [0.05, 0.1) is 11.4 Å². The Morgan fingerprint density at radius 2 is 2.33 bits per heavy atom. The summed E-state index contributed by atoms with van der Waals surface area (Å²) >= 11 is 0. The normalized spacial score (nSPS) is 10.0. The van der Waals surface area contributed by atoms with Gasteiger partial charge in [0.2, 0.25) is 5.91 Å². The number of carbonyl (C=O) groups is 1. The van der Waals surface area contributed by atoms with Crippen LogP contribution in [0.5, 0.6) is 0 Å². The zero-order valence-electron chi connectivity index (χ0n) is 8.86. The van der Waals surface area contributed by atoms with Gasteiger partial charge >= 0.3 is 0 Å². The molecular weight excluding hydrogens is 192 g/mol. The van der Waals surface area contributed by atoms with Crippen LogP contribution in [-0.4, -0.2) is 22.6 Å². The molecule has 82 valence electrons. The van der Waals surface area contributed by atoms with E-state index in [9.17, 15) is 4.79 Å². The fourth-order valence-electron chi connectivity index (χ4n) is 1.23. The maximum atomic E-state index is 11.4. The van der Waals surface area contributed by atoms with Crippen molar-refractivity contribution < 1.29 is 9.90 Å². The summed E-state index contributed by atoms with van der Waals surface area (Å²) in [7, 11) is 0. The summed E-state index contributed by atoms with van der Waals surface area (Å²) in [4.78, 5) is 15.5. The van der Waals surface area contributed by atoms with Gasteiger partial charge in [-0.1, -0.05) is 0 Å². The van der Waals surface area contributed by atoms with Gasteiger partial charge in [-0.2, -0.15) is 0 Å². The topological polar surface area (TPSA) is 62.2 Å². The van der Waals surface area contributed by atoms with Crippen molar-refractivity contribution in [2.75, 3.05) is 11.9 Å². The molecule has 1 aromatic rings. The second kappa shape index (κ2) is 6.14. The molecule has 1 amide bonds. The first-order chi connectivity index (χ1) is 7.24. The van der Waals surface area contributed by atoms with Crippen LogP contribution in [0, 0.1) is 6.92 Å². The van der Waals surface area contributed by atoms with E-state index in [1.807, 2.05) is 13.0 Å². The van der Waals surface area contributed by atoms with Crippen LogP contribution in [0.4, 0.5) is 5.69 Å². The Morgan fingerprint density at radius 1 is 1.53 bits per heavy atom. The zero-order valence-corrected chi connectivity index (χ0v) is 8.86. The molecule has 1 heterocycles. The third-order valence-corrected chi connectivity index (χ3v) is 2.09. The van der Waals surface area contributed by atoms with E-state index in [1.165, 1.54) is 0 Å². The van der Waals surface area contributed by atoms with E-state index in [0.717, 1.165) is 11.4 Å². The summed E-state index contributed by atoms with van der Waals surface area (Å²) in [5.74, 6) is -0.0282. The Labute approximate surface area is 89.3 Å². The molecule has 0 atom stereocenters. The minimum Gasteiger partial charge on any atom is -0.396 e. The average Bonchev–Trinajstić information content (AvgIpc) is 2.22. The van der Waals surface area contributed by atoms with E-state index >= 15 is 0 Å². The Morgan fingerprint density at radius 3 is 3.00 bits per heavy atom. The van der Waals surface area contributed by atoms with Gasteiger partial charge in [0.15, 0.2) is 0 Å². The number of pyridine rings is 1. The van der Waals surface area contributed by atoms with Crippen LogP contribution in [0.2, 0.25) is 0 Å². The molecule has 0 aliphatic heterocycles. The van der Waals surface area contributed by atoms with E-state index in [0.29, 0.717) is 19.3 Å². The lowest BCUT2D eigenvalue weighted by molar-refractivity contribution is -0.116. The minimum absolute atomic E-state index is 0.0282. The molecule has 0 radical (unpaired) electrons. The predicted molar refractivity (Wildman–Crippen MR) is 58.5 cm³/mol. The molecule has 2 N–H and O–H groups in total. The van der Waals surface area contributed by atoms with Gasteiger partial charge in [0.1, 0.15) is 0 Å². The number of unbranched alkanes of at least 4 members (excludes halogenated alkanes) is 1. The second-order valence-corrected chi connectivity index (χ2v) is 3.37. The number of nitrogens with one attached hydrogen (secondary N) is 1. The third-order valence-electron chi connectivity index (χ3n) is 2.09. The first-order valence-electron chi connectivity index (χ1n) is 5.06. The highest BCUT2D eigenvalue weighted by Crippen LogP contribution is 2.10. The lowest BCUT2D eigenvalue weighted by Crippen LogP contribution is -2.12. The molecule has 0 spiro atoms. The summed E-state index contributed by atoms with van der Waals surface area (Å²) in [6.07, 6.45) is 3.51. The Kier molecular flexibility index (Phi) is 4.77. The number of aliphatic hydroxyl groups excluding tert-OH is 1. The van der Waals surface area contributed by atoms with Crippen molar-refractivity contribution in [2.24, 2.45) is 0 Å². The first-order valence-corrected chi connectivity index (χ1v) is 5.06. The molecule has 1 rings (SSSR count). The molecule has 1 aromatic heterocycles. The van der Waals surface area contributed by atoms with Crippen LogP contribution >= 0.6 is 0 Å². The number of aliphatic hydroxyl groups is 1. The van der Waals surface area contributed by atoms with Crippen LogP contribution in [0.15, 0.2) is 18.3 Å². The quantitative estimate of drug-likeness (QED) is 0.721. The lowest BCUT2D eigenvalue weighted by Gasteiger charge is -2.06. The lowest BCUT2D eigenvalue weighted by atomic mass is 10.2. The maximum Gasteiger partial charge on any atom is 0.224 e. The largest absolute Gasteiger partial charge is 0.396 e. The van der Waals surface area contributed by atoms with E-state index < -0.39 is 0 Å². The van der Waals surface area contributed by atoms with E-state index in [1.54, 1.807) is 12.3 Å². The summed E-state index contributed by atoms with van der Waals surface area (Å²) < 4.78 is 0. The number of amides is 1. The van der Waals surface area contributed by atoms with E-state index in [4.69, 9.17) is 5.11 Å². The number of carbonyl (C=O) groups excluding carboxylic acids is 1. The minimum atomic E-state index is -0.0282. The highest BCUT2D eigenvalue weighted by atomic mass is 16.2. The van der Waals surface area contributed by atoms with Crippen molar-refractivity contribution in [2.45, 2.75) is 26.2 Å². The molecule has 0 bridgehead atoms. The molecule has 0 fully saturated rings. The number of anilines is 1. The van der Waals surface area contributed by atoms with Crippen molar-refractivity contribution >= 4 is 11.6 Å². The van der Waals surface area contributed by atoms with Crippen molar-refractivity contribution in [3.8, 4) is 0 Å². The van der Waals surface area contributed by atoms with Gasteiger partial charge < -0.3 is 10.4 Å².